The predicted molar refractivity (Wildman–Crippen MR) is 65.1 cm³/mol. The second-order valence-electron chi connectivity index (χ2n) is 4.01. The Morgan fingerprint density at radius 1 is 1.53 bits per heavy atom. The smallest absolute Gasteiger partial charge is 0.140 e. The molecule has 4 nitrogen and oxygen atoms in total. The third kappa shape index (κ3) is 2.52. The van der Waals surface area contributed by atoms with Gasteiger partial charge in [-0.3, -0.25) is 0 Å². The van der Waals surface area contributed by atoms with Crippen molar-refractivity contribution >= 4 is 0 Å². The number of pyridine rings is 1. The highest BCUT2D eigenvalue weighted by Gasteiger charge is 2.06. The summed E-state index contributed by atoms with van der Waals surface area (Å²) in [5.74, 6) is 0. The molecule has 2 aromatic rings. The maximum absolute atomic E-state index is 8.79. The standard InChI is InChI=1S/C13H14N4/c1-10(15)13-3-2-6-17(13)9-11-4-5-16-12(7-11)8-14/h2-7,10H,9,15H2,1H3. The minimum Gasteiger partial charge on any atom is -0.346 e. The largest absolute Gasteiger partial charge is 0.346 e. The molecule has 2 rings (SSSR count). The van der Waals surface area contributed by atoms with E-state index in [2.05, 4.69) is 9.55 Å². The van der Waals surface area contributed by atoms with Crippen LogP contribution in [0.15, 0.2) is 36.7 Å². The number of hydrogen-bond donors (Lipinski definition) is 1. The first kappa shape index (κ1) is 11.4. The third-order valence-corrected chi connectivity index (χ3v) is 2.62. The molecule has 2 heterocycles. The van der Waals surface area contributed by atoms with E-state index in [-0.39, 0.29) is 6.04 Å². The maximum Gasteiger partial charge on any atom is 0.140 e. The van der Waals surface area contributed by atoms with Gasteiger partial charge in [-0.2, -0.15) is 5.26 Å². The van der Waals surface area contributed by atoms with Gasteiger partial charge in [-0.25, -0.2) is 4.98 Å². The molecule has 0 fully saturated rings. The molecule has 86 valence electrons. The topological polar surface area (TPSA) is 67.6 Å². The first-order chi connectivity index (χ1) is 8.20. The summed E-state index contributed by atoms with van der Waals surface area (Å²) in [4.78, 5) is 3.95. The molecule has 2 N–H and O–H groups in total. The van der Waals surface area contributed by atoms with E-state index in [0.717, 1.165) is 11.3 Å². The van der Waals surface area contributed by atoms with Crippen molar-refractivity contribution in [2.24, 2.45) is 5.73 Å². The fourth-order valence-corrected chi connectivity index (χ4v) is 1.82. The van der Waals surface area contributed by atoms with Crippen molar-refractivity contribution in [3.05, 3.63) is 53.6 Å². The van der Waals surface area contributed by atoms with Crippen molar-refractivity contribution in [2.75, 3.05) is 0 Å². The molecule has 17 heavy (non-hydrogen) atoms. The average Bonchev–Trinajstić information content (AvgIpc) is 2.77. The van der Waals surface area contributed by atoms with Gasteiger partial charge in [0.15, 0.2) is 0 Å². The summed E-state index contributed by atoms with van der Waals surface area (Å²) < 4.78 is 2.08. The lowest BCUT2D eigenvalue weighted by Gasteiger charge is -2.11. The van der Waals surface area contributed by atoms with E-state index in [9.17, 15) is 0 Å². The Kier molecular flexibility index (Phi) is 3.22. The fourth-order valence-electron chi connectivity index (χ4n) is 1.82. The molecule has 0 saturated carbocycles. The maximum atomic E-state index is 8.79. The molecule has 0 aromatic carbocycles. The first-order valence-corrected chi connectivity index (χ1v) is 5.46. The zero-order valence-electron chi connectivity index (χ0n) is 9.67. The van der Waals surface area contributed by atoms with E-state index in [1.54, 1.807) is 12.3 Å². The number of nitrogens with two attached hydrogens (primary N) is 1. The fraction of sp³-hybridized carbons (Fsp3) is 0.231. The summed E-state index contributed by atoms with van der Waals surface area (Å²) in [5, 5.41) is 8.79. The van der Waals surface area contributed by atoms with E-state index < -0.39 is 0 Å². The van der Waals surface area contributed by atoms with Gasteiger partial charge in [0.1, 0.15) is 11.8 Å². The molecule has 0 aliphatic carbocycles. The van der Waals surface area contributed by atoms with Crippen LogP contribution in [0.1, 0.15) is 29.9 Å². The summed E-state index contributed by atoms with van der Waals surface area (Å²) in [6, 6.07) is 9.73. The zero-order chi connectivity index (χ0) is 12.3. The quantitative estimate of drug-likeness (QED) is 0.868. The molecule has 0 amide bonds. The van der Waals surface area contributed by atoms with Crippen LogP contribution in [0.2, 0.25) is 0 Å². The van der Waals surface area contributed by atoms with Gasteiger partial charge < -0.3 is 10.3 Å². The van der Waals surface area contributed by atoms with Crippen molar-refractivity contribution in [1.29, 1.82) is 5.26 Å². The number of nitriles is 1. The molecule has 0 aliphatic heterocycles. The van der Waals surface area contributed by atoms with Crippen LogP contribution in [0.25, 0.3) is 0 Å². The van der Waals surface area contributed by atoms with Crippen LogP contribution in [0.5, 0.6) is 0 Å². The van der Waals surface area contributed by atoms with Crippen molar-refractivity contribution in [1.82, 2.24) is 9.55 Å². The van der Waals surface area contributed by atoms with E-state index in [1.165, 1.54) is 0 Å². The van der Waals surface area contributed by atoms with Crippen LogP contribution < -0.4 is 5.73 Å². The van der Waals surface area contributed by atoms with Crippen LogP contribution >= 0.6 is 0 Å². The number of aromatic nitrogens is 2. The minimum absolute atomic E-state index is 0.00211. The molecule has 0 spiro atoms. The zero-order valence-corrected chi connectivity index (χ0v) is 9.67. The Balaban J connectivity index is 2.26. The molecule has 0 aliphatic rings. The van der Waals surface area contributed by atoms with Gasteiger partial charge in [-0.1, -0.05) is 0 Å². The lowest BCUT2D eigenvalue weighted by molar-refractivity contribution is 0.675. The molecule has 1 unspecified atom stereocenters. The van der Waals surface area contributed by atoms with Gasteiger partial charge >= 0.3 is 0 Å². The van der Waals surface area contributed by atoms with Gasteiger partial charge in [-0.15, -0.1) is 0 Å². The summed E-state index contributed by atoms with van der Waals surface area (Å²) in [6.45, 7) is 2.67. The summed E-state index contributed by atoms with van der Waals surface area (Å²) in [5.41, 5.74) is 8.46. The van der Waals surface area contributed by atoms with Gasteiger partial charge in [0.05, 0.1) is 0 Å². The number of hydrogen-bond acceptors (Lipinski definition) is 3. The van der Waals surface area contributed by atoms with Crippen molar-refractivity contribution in [3.63, 3.8) is 0 Å². The predicted octanol–water partition coefficient (Wildman–Crippen LogP) is 1.82. The summed E-state index contributed by atoms with van der Waals surface area (Å²) in [6.07, 6.45) is 3.65. The summed E-state index contributed by atoms with van der Waals surface area (Å²) in [7, 11) is 0. The third-order valence-electron chi connectivity index (χ3n) is 2.62. The average molecular weight is 226 g/mol. The second kappa shape index (κ2) is 4.81. The lowest BCUT2D eigenvalue weighted by Crippen LogP contribution is -2.12. The Bertz CT molecular complexity index is 549. The van der Waals surface area contributed by atoms with E-state index in [1.807, 2.05) is 37.4 Å². The molecular weight excluding hydrogens is 212 g/mol. The highest BCUT2D eigenvalue weighted by molar-refractivity contribution is 5.26. The Morgan fingerprint density at radius 2 is 2.35 bits per heavy atom. The normalized spacial score (nSPS) is 12.1. The first-order valence-electron chi connectivity index (χ1n) is 5.46. The number of nitrogens with zero attached hydrogens (tertiary/aromatic N) is 3. The van der Waals surface area contributed by atoms with Crippen LogP contribution in [-0.4, -0.2) is 9.55 Å². The highest BCUT2D eigenvalue weighted by atomic mass is 15.0. The molecule has 0 radical (unpaired) electrons. The van der Waals surface area contributed by atoms with Crippen LogP contribution in [0.4, 0.5) is 0 Å². The second-order valence-corrected chi connectivity index (χ2v) is 4.01. The van der Waals surface area contributed by atoms with Crippen molar-refractivity contribution in [3.8, 4) is 6.07 Å². The molecule has 4 heteroatoms. The van der Waals surface area contributed by atoms with Crippen LogP contribution in [-0.2, 0) is 6.54 Å². The van der Waals surface area contributed by atoms with Gasteiger partial charge in [0, 0.05) is 30.7 Å². The van der Waals surface area contributed by atoms with E-state index in [4.69, 9.17) is 11.0 Å². The van der Waals surface area contributed by atoms with E-state index >= 15 is 0 Å². The van der Waals surface area contributed by atoms with E-state index in [0.29, 0.717) is 12.2 Å². The lowest BCUT2D eigenvalue weighted by atomic mass is 10.2. The molecule has 1 atom stereocenters. The highest BCUT2D eigenvalue weighted by Crippen LogP contribution is 2.13. The van der Waals surface area contributed by atoms with Gasteiger partial charge in [0.2, 0.25) is 0 Å². The Hall–Kier alpha value is -2.12. The molecular formula is C13H14N4. The Labute approximate surface area is 100 Å². The molecule has 0 saturated heterocycles. The van der Waals surface area contributed by atoms with Crippen LogP contribution in [0.3, 0.4) is 0 Å². The van der Waals surface area contributed by atoms with Crippen molar-refractivity contribution < 1.29 is 0 Å². The SMILES string of the molecule is CC(N)c1cccn1Cc1ccnc(C#N)c1. The van der Waals surface area contributed by atoms with Crippen molar-refractivity contribution in [2.45, 2.75) is 19.5 Å². The van der Waals surface area contributed by atoms with Gasteiger partial charge in [0.25, 0.3) is 0 Å². The molecule has 2 aromatic heterocycles. The summed E-state index contributed by atoms with van der Waals surface area (Å²) >= 11 is 0. The molecule has 0 bridgehead atoms. The van der Waals surface area contributed by atoms with Gasteiger partial charge in [-0.05, 0) is 36.8 Å². The van der Waals surface area contributed by atoms with Crippen LogP contribution in [0, 0.1) is 11.3 Å². The number of rotatable bonds is 3. The monoisotopic (exact) mass is 226 g/mol. The minimum atomic E-state index is 0.00211. The Morgan fingerprint density at radius 3 is 3.06 bits per heavy atom.